The number of halogens is 1. The minimum atomic E-state index is 0.832. The first kappa shape index (κ1) is 12.8. The second-order valence-electron chi connectivity index (χ2n) is 4.95. The average Bonchev–Trinajstić information content (AvgIpc) is 2.42. The van der Waals surface area contributed by atoms with Gasteiger partial charge in [-0.2, -0.15) is 0 Å². The summed E-state index contributed by atoms with van der Waals surface area (Å²) in [6.45, 7) is 6.04. The Bertz CT molecular complexity index is 638. The molecule has 0 saturated heterocycles. The van der Waals surface area contributed by atoms with Crippen molar-refractivity contribution in [2.45, 2.75) is 26.8 Å². The van der Waals surface area contributed by atoms with Gasteiger partial charge in [-0.25, -0.2) is 9.97 Å². The fourth-order valence-corrected chi connectivity index (χ4v) is 2.75. The third kappa shape index (κ3) is 2.42. The van der Waals surface area contributed by atoms with Gasteiger partial charge >= 0.3 is 0 Å². The maximum absolute atomic E-state index is 4.74. The third-order valence-corrected chi connectivity index (χ3v) is 4.42. The quantitative estimate of drug-likeness (QED) is 0.878. The second kappa shape index (κ2) is 5.02. The van der Waals surface area contributed by atoms with Crippen molar-refractivity contribution in [3.63, 3.8) is 0 Å². The zero-order valence-corrected chi connectivity index (χ0v) is 12.7. The fraction of sp³-hybridized carbons (Fsp3) is 0.333. The van der Waals surface area contributed by atoms with Crippen LogP contribution in [0.1, 0.15) is 22.5 Å². The Morgan fingerprint density at radius 1 is 1.21 bits per heavy atom. The maximum Gasteiger partial charge on any atom is 0.159 e. The van der Waals surface area contributed by atoms with Gasteiger partial charge < -0.3 is 5.32 Å². The molecule has 1 N–H and O–H groups in total. The first-order valence-corrected chi connectivity index (χ1v) is 7.28. The number of rotatable bonds is 1. The molecular formula is C15H16BrN3. The molecule has 0 fully saturated rings. The van der Waals surface area contributed by atoms with Gasteiger partial charge in [0.1, 0.15) is 0 Å². The van der Waals surface area contributed by atoms with Gasteiger partial charge in [0.25, 0.3) is 0 Å². The lowest BCUT2D eigenvalue weighted by Crippen LogP contribution is -2.26. The van der Waals surface area contributed by atoms with Crippen LogP contribution in [0.5, 0.6) is 0 Å². The van der Waals surface area contributed by atoms with Crippen LogP contribution in [0, 0.1) is 13.8 Å². The highest BCUT2D eigenvalue weighted by atomic mass is 79.9. The number of nitrogens with zero attached hydrogens (tertiary/aromatic N) is 2. The summed E-state index contributed by atoms with van der Waals surface area (Å²) >= 11 is 3.57. The van der Waals surface area contributed by atoms with Crippen LogP contribution >= 0.6 is 15.9 Å². The van der Waals surface area contributed by atoms with E-state index >= 15 is 0 Å². The summed E-state index contributed by atoms with van der Waals surface area (Å²) in [5.74, 6) is 0.832. The molecule has 19 heavy (non-hydrogen) atoms. The molecule has 3 nitrogen and oxygen atoms in total. The molecular weight excluding hydrogens is 302 g/mol. The minimum Gasteiger partial charge on any atom is -0.312 e. The average molecular weight is 318 g/mol. The van der Waals surface area contributed by atoms with Crippen LogP contribution < -0.4 is 5.32 Å². The van der Waals surface area contributed by atoms with Crippen LogP contribution in [-0.2, 0) is 13.0 Å². The summed E-state index contributed by atoms with van der Waals surface area (Å²) in [4.78, 5) is 9.40. The molecule has 98 valence electrons. The number of aromatic nitrogens is 2. The number of benzene rings is 1. The van der Waals surface area contributed by atoms with Crippen molar-refractivity contribution in [3.05, 3.63) is 45.2 Å². The van der Waals surface area contributed by atoms with Gasteiger partial charge in [0.15, 0.2) is 5.82 Å². The van der Waals surface area contributed by atoms with E-state index in [4.69, 9.17) is 4.98 Å². The van der Waals surface area contributed by atoms with Crippen molar-refractivity contribution in [1.82, 2.24) is 15.3 Å². The number of nitrogens with one attached hydrogen (secondary N) is 1. The van der Waals surface area contributed by atoms with E-state index in [0.29, 0.717) is 0 Å². The summed E-state index contributed by atoms with van der Waals surface area (Å²) in [5.41, 5.74) is 5.84. The van der Waals surface area contributed by atoms with E-state index in [1.807, 2.05) is 0 Å². The van der Waals surface area contributed by atoms with Crippen molar-refractivity contribution < 1.29 is 0 Å². The number of aryl methyl sites for hydroxylation is 2. The predicted octanol–water partition coefficient (Wildman–Crippen LogP) is 3.17. The highest BCUT2D eigenvalue weighted by molar-refractivity contribution is 9.10. The van der Waals surface area contributed by atoms with Crippen LogP contribution in [0.3, 0.4) is 0 Å². The molecule has 0 bridgehead atoms. The highest BCUT2D eigenvalue weighted by Gasteiger charge is 2.15. The summed E-state index contributed by atoms with van der Waals surface area (Å²) in [6.07, 6.45) is 0.985. The molecule has 0 atom stereocenters. The van der Waals surface area contributed by atoms with E-state index in [0.717, 1.165) is 41.1 Å². The lowest BCUT2D eigenvalue weighted by atomic mass is 10.0. The van der Waals surface area contributed by atoms with Crippen molar-refractivity contribution in [3.8, 4) is 11.4 Å². The molecule has 1 aliphatic rings. The van der Waals surface area contributed by atoms with Crippen LogP contribution in [0.25, 0.3) is 11.4 Å². The van der Waals surface area contributed by atoms with Crippen molar-refractivity contribution in [2.75, 3.05) is 6.54 Å². The molecule has 1 aromatic heterocycles. The normalized spacial score (nSPS) is 14.3. The minimum absolute atomic E-state index is 0.832. The smallest absolute Gasteiger partial charge is 0.159 e. The Balaban J connectivity index is 2.10. The fourth-order valence-electron chi connectivity index (χ4n) is 2.37. The summed E-state index contributed by atoms with van der Waals surface area (Å²) in [6, 6.07) is 6.28. The number of fused-ring (bicyclic) bond motifs is 1. The highest BCUT2D eigenvalue weighted by Crippen LogP contribution is 2.25. The summed E-state index contributed by atoms with van der Waals surface area (Å²) in [5, 5.41) is 3.37. The van der Waals surface area contributed by atoms with E-state index in [-0.39, 0.29) is 0 Å². The van der Waals surface area contributed by atoms with Gasteiger partial charge in [-0.05, 0) is 25.5 Å². The zero-order valence-electron chi connectivity index (χ0n) is 11.1. The molecule has 3 rings (SSSR count). The molecule has 2 aromatic rings. The van der Waals surface area contributed by atoms with E-state index in [1.165, 1.54) is 16.8 Å². The van der Waals surface area contributed by atoms with Gasteiger partial charge in [0.2, 0.25) is 0 Å². The summed E-state index contributed by atoms with van der Waals surface area (Å²) in [7, 11) is 0. The summed E-state index contributed by atoms with van der Waals surface area (Å²) < 4.78 is 1.10. The monoisotopic (exact) mass is 317 g/mol. The molecule has 0 amide bonds. The Labute approximate surface area is 121 Å². The lowest BCUT2D eigenvalue weighted by Gasteiger charge is -2.18. The zero-order chi connectivity index (χ0) is 13.4. The molecule has 0 aliphatic carbocycles. The third-order valence-electron chi connectivity index (χ3n) is 3.57. The molecule has 0 saturated carbocycles. The molecule has 1 aromatic carbocycles. The number of hydrogen-bond donors (Lipinski definition) is 1. The van der Waals surface area contributed by atoms with Crippen molar-refractivity contribution >= 4 is 15.9 Å². The molecule has 0 spiro atoms. The van der Waals surface area contributed by atoms with Crippen LogP contribution in [0.4, 0.5) is 0 Å². The van der Waals surface area contributed by atoms with E-state index in [1.54, 1.807) is 0 Å². The molecule has 1 aliphatic heterocycles. The SMILES string of the molecule is Cc1ccc(-c2nc(C)c3c(n2)CCNC3)cc1Br. The van der Waals surface area contributed by atoms with Crippen LogP contribution in [0.15, 0.2) is 22.7 Å². The predicted molar refractivity (Wildman–Crippen MR) is 80.1 cm³/mol. The molecule has 0 radical (unpaired) electrons. The van der Waals surface area contributed by atoms with Gasteiger partial charge in [-0.3, -0.25) is 0 Å². The van der Waals surface area contributed by atoms with E-state index < -0.39 is 0 Å². The van der Waals surface area contributed by atoms with Crippen molar-refractivity contribution in [2.24, 2.45) is 0 Å². The number of hydrogen-bond acceptors (Lipinski definition) is 3. The second-order valence-corrected chi connectivity index (χ2v) is 5.80. The Hall–Kier alpha value is -1.26. The van der Waals surface area contributed by atoms with Crippen LogP contribution in [0.2, 0.25) is 0 Å². The molecule has 4 heteroatoms. The Morgan fingerprint density at radius 3 is 2.84 bits per heavy atom. The topological polar surface area (TPSA) is 37.8 Å². The van der Waals surface area contributed by atoms with Gasteiger partial charge in [0.05, 0.1) is 5.69 Å². The lowest BCUT2D eigenvalue weighted by molar-refractivity contribution is 0.622. The largest absolute Gasteiger partial charge is 0.312 e. The first-order chi connectivity index (χ1) is 9.15. The van der Waals surface area contributed by atoms with Gasteiger partial charge in [-0.15, -0.1) is 0 Å². The van der Waals surface area contributed by atoms with E-state index in [9.17, 15) is 0 Å². The standard InChI is InChI=1S/C15H16BrN3/c1-9-3-4-11(7-13(9)16)15-18-10(2)12-8-17-6-5-14(12)19-15/h3-4,7,17H,5-6,8H2,1-2H3. The van der Waals surface area contributed by atoms with E-state index in [2.05, 4.69) is 58.3 Å². The maximum atomic E-state index is 4.74. The Kier molecular flexibility index (Phi) is 3.37. The first-order valence-electron chi connectivity index (χ1n) is 6.49. The van der Waals surface area contributed by atoms with Gasteiger partial charge in [0, 0.05) is 40.8 Å². The molecule has 0 unspecified atom stereocenters. The molecule has 2 heterocycles. The van der Waals surface area contributed by atoms with Crippen LogP contribution in [-0.4, -0.2) is 16.5 Å². The van der Waals surface area contributed by atoms with Crippen molar-refractivity contribution in [1.29, 1.82) is 0 Å². The van der Waals surface area contributed by atoms with Gasteiger partial charge in [-0.1, -0.05) is 28.1 Å². The Morgan fingerprint density at radius 2 is 2.05 bits per heavy atom.